The number of hydrogen-bond donors (Lipinski definition) is 2. The maximum atomic E-state index is 11.0. The Morgan fingerprint density at radius 2 is 2.23 bits per heavy atom. The largest absolute Gasteiger partial charge is 0.480 e. The molecule has 2 aliphatic carbocycles. The topological polar surface area (TPSA) is 65.5 Å². The molecular weight excluding hydrogens is 278 g/mol. The summed E-state index contributed by atoms with van der Waals surface area (Å²) in [5.41, 5.74) is 2.51. The van der Waals surface area contributed by atoms with E-state index in [0.29, 0.717) is 12.1 Å². The molecule has 0 bridgehead atoms. The van der Waals surface area contributed by atoms with Crippen LogP contribution in [0.4, 0.5) is 0 Å². The summed E-state index contributed by atoms with van der Waals surface area (Å²) < 4.78 is 0. The molecule has 1 aromatic heterocycles. The van der Waals surface area contributed by atoms with Gasteiger partial charge in [0.2, 0.25) is 0 Å². The number of carbonyl (C=O) groups is 1. The second kappa shape index (κ2) is 6.75. The van der Waals surface area contributed by atoms with Crippen molar-refractivity contribution in [1.82, 2.24) is 15.2 Å². The van der Waals surface area contributed by atoms with Gasteiger partial charge in [-0.05, 0) is 55.7 Å². The zero-order valence-electron chi connectivity index (χ0n) is 13.2. The Bertz CT molecular complexity index is 524. The van der Waals surface area contributed by atoms with Crippen molar-refractivity contribution >= 4 is 5.97 Å². The molecule has 0 radical (unpaired) electrons. The van der Waals surface area contributed by atoms with Crippen LogP contribution in [0.15, 0.2) is 18.5 Å². The van der Waals surface area contributed by atoms with Crippen molar-refractivity contribution < 1.29 is 9.90 Å². The molecule has 5 nitrogen and oxygen atoms in total. The zero-order valence-corrected chi connectivity index (χ0v) is 13.2. The molecule has 0 spiro atoms. The number of carboxylic acid groups (broad SMARTS) is 1. The van der Waals surface area contributed by atoms with Crippen molar-refractivity contribution in [3.05, 3.63) is 29.6 Å². The number of aliphatic carboxylic acids is 1. The molecule has 120 valence electrons. The summed E-state index contributed by atoms with van der Waals surface area (Å²) >= 11 is 0. The molecule has 5 heteroatoms. The fourth-order valence-corrected chi connectivity index (χ4v) is 3.14. The second-order valence-corrected chi connectivity index (χ2v) is 6.77. The van der Waals surface area contributed by atoms with Crippen LogP contribution in [0.1, 0.15) is 36.8 Å². The SMILES string of the molecule is Cc1ccncc1CNC1CC(N(CC(=O)O)CC2CC2)C1. The Hall–Kier alpha value is -1.46. The molecule has 2 N–H and O–H groups in total. The highest BCUT2D eigenvalue weighted by atomic mass is 16.4. The number of nitrogens with zero attached hydrogens (tertiary/aromatic N) is 2. The standard InChI is InChI=1S/C17H25N3O2/c1-12-4-5-18-8-14(12)9-19-15-6-16(7-15)20(11-17(21)22)10-13-2-3-13/h4-5,8,13,15-16,19H,2-3,6-7,9-11H2,1H3,(H,21,22). The van der Waals surface area contributed by atoms with Gasteiger partial charge in [0.25, 0.3) is 0 Å². The third kappa shape index (κ3) is 4.05. The maximum Gasteiger partial charge on any atom is 0.317 e. The molecule has 0 amide bonds. The van der Waals surface area contributed by atoms with Crippen LogP contribution in [-0.2, 0) is 11.3 Å². The number of aryl methyl sites for hydroxylation is 1. The summed E-state index contributed by atoms with van der Waals surface area (Å²) in [5.74, 6) is 0.0347. The highest BCUT2D eigenvalue weighted by molar-refractivity contribution is 5.69. The van der Waals surface area contributed by atoms with Crippen LogP contribution in [0, 0.1) is 12.8 Å². The van der Waals surface area contributed by atoms with Gasteiger partial charge in [0, 0.05) is 37.6 Å². The smallest absolute Gasteiger partial charge is 0.317 e. The van der Waals surface area contributed by atoms with Crippen LogP contribution in [0.25, 0.3) is 0 Å². The minimum atomic E-state index is -0.706. The van der Waals surface area contributed by atoms with E-state index in [4.69, 9.17) is 5.11 Å². The van der Waals surface area contributed by atoms with Crippen molar-refractivity contribution in [2.45, 2.75) is 51.2 Å². The van der Waals surface area contributed by atoms with Gasteiger partial charge in [-0.15, -0.1) is 0 Å². The Morgan fingerprint density at radius 3 is 2.86 bits per heavy atom. The number of pyridine rings is 1. The summed E-state index contributed by atoms with van der Waals surface area (Å²) in [7, 11) is 0. The molecule has 2 saturated carbocycles. The predicted octanol–water partition coefficient (Wildman–Crippen LogP) is 1.81. The summed E-state index contributed by atoms with van der Waals surface area (Å²) in [4.78, 5) is 17.4. The van der Waals surface area contributed by atoms with Gasteiger partial charge in [0.1, 0.15) is 0 Å². The Labute approximate surface area is 131 Å². The van der Waals surface area contributed by atoms with Gasteiger partial charge in [-0.2, -0.15) is 0 Å². The number of rotatable bonds is 8. The lowest BCUT2D eigenvalue weighted by Crippen LogP contribution is -2.54. The lowest BCUT2D eigenvalue weighted by molar-refractivity contribution is -0.139. The molecule has 3 rings (SSSR count). The molecule has 2 aliphatic rings. The van der Waals surface area contributed by atoms with E-state index < -0.39 is 5.97 Å². The highest BCUT2D eigenvalue weighted by Gasteiger charge is 2.36. The first kappa shape index (κ1) is 15.4. The number of carboxylic acids is 1. The van der Waals surface area contributed by atoms with Crippen LogP contribution in [0.5, 0.6) is 0 Å². The van der Waals surface area contributed by atoms with E-state index >= 15 is 0 Å². The second-order valence-electron chi connectivity index (χ2n) is 6.77. The highest BCUT2D eigenvalue weighted by Crippen LogP contribution is 2.33. The summed E-state index contributed by atoms with van der Waals surface area (Å²) in [6.45, 7) is 4.10. The molecule has 0 saturated heterocycles. The van der Waals surface area contributed by atoms with Crippen molar-refractivity contribution in [1.29, 1.82) is 0 Å². The van der Waals surface area contributed by atoms with Gasteiger partial charge in [-0.25, -0.2) is 0 Å². The Kier molecular flexibility index (Phi) is 4.74. The summed E-state index contributed by atoms with van der Waals surface area (Å²) in [6.07, 6.45) is 8.39. The average molecular weight is 303 g/mol. The molecule has 1 aromatic rings. The third-order valence-corrected chi connectivity index (χ3v) is 4.89. The van der Waals surface area contributed by atoms with Crippen LogP contribution >= 0.6 is 0 Å². The molecule has 0 aromatic carbocycles. The molecule has 0 atom stereocenters. The van der Waals surface area contributed by atoms with E-state index in [2.05, 4.69) is 22.1 Å². The van der Waals surface area contributed by atoms with E-state index in [1.54, 1.807) is 0 Å². The fourth-order valence-electron chi connectivity index (χ4n) is 3.14. The van der Waals surface area contributed by atoms with Crippen molar-refractivity contribution in [2.24, 2.45) is 5.92 Å². The minimum Gasteiger partial charge on any atom is -0.480 e. The van der Waals surface area contributed by atoms with Crippen LogP contribution in [-0.4, -0.2) is 46.1 Å². The zero-order chi connectivity index (χ0) is 15.5. The first-order valence-electron chi connectivity index (χ1n) is 8.20. The van der Waals surface area contributed by atoms with Gasteiger partial charge in [0.15, 0.2) is 0 Å². The van der Waals surface area contributed by atoms with Crippen molar-refractivity contribution in [2.75, 3.05) is 13.1 Å². The molecule has 22 heavy (non-hydrogen) atoms. The van der Waals surface area contributed by atoms with Gasteiger partial charge < -0.3 is 10.4 Å². The number of nitrogens with one attached hydrogen (secondary N) is 1. The quantitative estimate of drug-likeness (QED) is 0.767. The van der Waals surface area contributed by atoms with Gasteiger partial charge >= 0.3 is 5.97 Å². The van der Waals surface area contributed by atoms with E-state index in [1.807, 2.05) is 18.5 Å². The molecule has 0 aliphatic heterocycles. The summed E-state index contributed by atoms with van der Waals surface area (Å²) in [6, 6.07) is 2.97. The van der Waals surface area contributed by atoms with E-state index in [0.717, 1.165) is 31.8 Å². The van der Waals surface area contributed by atoms with Crippen molar-refractivity contribution in [3.63, 3.8) is 0 Å². The van der Waals surface area contributed by atoms with Gasteiger partial charge in [0.05, 0.1) is 6.54 Å². The van der Waals surface area contributed by atoms with E-state index in [1.165, 1.54) is 24.0 Å². The lowest BCUT2D eigenvalue weighted by atomic mass is 9.85. The Morgan fingerprint density at radius 1 is 1.45 bits per heavy atom. The maximum absolute atomic E-state index is 11.0. The van der Waals surface area contributed by atoms with Crippen molar-refractivity contribution in [3.8, 4) is 0 Å². The first-order valence-corrected chi connectivity index (χ1v) is 8.20. The van der Waals surface area contributed by atoms with Crippen LogP contribution in [0.3, 0.4) is 0 Å². The lowest BCUT2D eigenvalue weighted by Gasteiger charge is -2.43. The predicted molar refractivity (Wildman–Crippen MR) is 84.6 cm³/mol. The van der Waals surface area contributed by atoms with Gasteiger partial charge in [-0.3, -0.25) is 14.7 Å². The minimum absolute atomic E-state index is 0.190. The normalized spacial score (nSPS) is 24.3. The fraction of sp³-hybridized carbons (Fsp3) is 0.647. The summed E-state index contributed by atoms with van der Waals surface area (Å²) in [5, 5.41) is 12.6. The Balaban J connectivity index is 1.44. The third-order valence-electron chi connectivity index (χ3n) is 4.89. The average Bonchev–Trinajstić information content (AvgIpc) is 3.22. The first-order chi connectivity index (χ1) is 10.6. The molecule has 2 fully saturated rings. The van der Waals surface area contributed by atoms with E-state index in [-0.39, 0.29) is 6.54 Å². The van der Waals surface area contributed by atoms with E-state index in [9.17, 15) is 4.79 Å². The molecule has 1 heterocycles. The van der Waals surface area contributed by atoms with Crippen LogP contribution < -0.4 is 5.32 Å². The molecular formula is C17H25N3O2. The number of hydrogen-bond acceptors (Lipinski definition) is 4. The monoisotopic (exact) mass is 303 g/mol. The number of aromatic nitrogens is 1. The molecule has 0 unspecified atom stereocenters. The van der Waals surface area contributed by atoms with Crippen LogP contribution in [0.2, 0.25) is 0 Å². The van der Waals surface area contributed by atoms with Gasteiger partial charge in [-0.1, -0.05) is 0 Å².